The van der Waals surface area contributed by atoms with Gasteiger partial charge in [0, 0.05) is 23.4 Å². The van der Waals surface area contributed by atoms with Gasteiger partial charge in [-0.05, 0) is 40.2 Å². The van der Waals surface area contributed by atoms with Crippen molar-refractivity contribution in [3.05, 3.63) is 12.3 Å². The van der Waals surface area contributed by atoms with Crippen LogP contribution in [0, 0.1) is 5.92 Å². The van der Waals surface area contributed by atoms with Gasteiger partial charge in [-0.1, -0.05) is 20.8 Å². The molecule has 0 amide bonds. The Bertz CT molecular complexity index is 395. The molecule has 0 aliphatic carbocycles. The Morgan fingerprint density at radius 3 is 2.38 bits per heavy atom. The molecule has 4 heteroatoms. The zero-order valence-electron chi connectivity index (χ0n) is 14.4. The fraction of sp³-hybridized carbons (Fsp3) is 0.824. The molecular formula is C17H31NO3. The summed E-state index contributed by atoms with van der Waals surface area (Å²) < 4.78 is 10.9. The molecule has 0 aromatic heterocycles. The Labute approximate surface area is 129 Å². The molecule has 1 aliphatic heterocycles. The van der Waals surface area contributed by atoms with E-state index in [1.807, 2.05) is 0 Å². The molecule has 122 valence electrons. The molecule has 1 fully saturated rings. The van der Waals surface area contributed by atoms with E-state index in [1.54, 1.807) is 6.92 Å². The minimum Gasteiger partial charge on any atom is -0.483 e. The van der Waals surface area contributed by atoms with Gasteiger partial charge in [0.2, 0.25) is 0 Å². The molecule has 0 bridgehead atoms. The van der Waals surface area contributed by atoms with Gasteiger partial charge in [0.1, 0.15) is 6.10 Å². The van der Waals surface area contributed by atoms with E-state index in [-0.39, 0.29) is 28.9 Å². The highest BCUT2D eigenvalue weighted by Crippen LogP contribution is 2.39. The number of ether oxygens (including phenoxy) is 2. The fourth-order valence-electron chi connectivity index (χ4n) is 3.11. The lowest BCUT2D eigenvalue weighted by Crippen LogP contribution is -2.66. The number of nitrogens with one attached hydrogen (secondary N) is 1. The average molecular weight is 297 g/mol. The Morgan fingerprint density at radius 1 is 1.29 bits per heavy atom. The van der Waals surface area contributed by atoms with Gasteiger partial charge in [0.25, 0.3) is 0 Å². The van der Waals surface area contributed by atoms with E-state index in [4.69, 9.17) is 9.47 Å². The molecule has 0 spiro atoms. The topological polar surface area (TPSA) is 47.6 Å². The molecule has 4 unspecified atom stereocenters. The molecule has 4 atom stereocenters. The third kappa shape index (κ3) is 4.00. The van der Waals surface area contributed by atoms with E-state index in [2.05, 4.69) is 46.5 Å². The van der Waals surface area contributed by atoms with Crippen LogP contribution in [0.15, 0.2) is 12.3 Å². The summed E-state index contributed by atoms with van der Waals surface area (Å²) in [5.74, 6) is -0.0551. The summed E-state index contributed by atoms with van der Waals surface area (Å²) in [5.41, 5.74) is -0.000501. The van der Waals surface area contributed by atoms with Gasteiger partial charge < -0.3 is 14.8 Å². The minimum absolute atomic E-state index is 0.0108. The molecule has 1 rings (SSSR count). The van der Waals surface area contributed by atoms with E-state index >= 15 is 0 Å². The SMILES string of the molecule is C=C(OC1CC(C)(CC)NC(C)(CC)C1C)C(=O)OCC. The van der Waals surface area contributed by atoms with Crippen LogP contribution in [0.2, 0.25) is 0 Å². The van der Waals surface area contributed by atoms with Crippen molar-refractivity contribution < 1.29 is 14.3 Å². The molecule has 1 saturated heterocycles. The maximum Gasteiger partial charge on any atom is 0.372 e. The van der Waals surface area contributed by atoms with Crippen molar-refractivity contribution in [3.63, 3.8) is 0 Å². The first-order chi connectivity index (χ1) is 9.71. The zero-order valence-corrected chi connectivity index (χ0v) is 14.4. The number of esters is 1. The number of carbonyl (C=O) groups is 1. The van der Waals surface area contributed by atoms with Crippen molar-refractivity contribution in [1.29, 1.82) is 0 Å². The van der Waals surface area contributed by atoms with Crippen LogP contribution in [0.25, 0.3) is 0 Å². The predicted molar refractivity (Wildman–Crippen MR) is 85.0 cm³/mol. The number of piperidine rings is 1. The third-order valence-corrected chi connectivity index (χ3v) is 5.11. The van der Waals surface area contributed by atoms with Crippen LogP contribution < -0.4 is 5.32 Å². The predicted octanol–water partition coefficient (Wildman–Crippen LogP) is 3.42. The largest absolute Gasteiger partial charge is 0.483 e. The van der Waals surface area contributed by atoms with Crippen LogP contribution in [-0.2, 0) is 14.3 Å². The van der Waals surface area contributed by atoms with E-state index in [9.17, 15) is 4.79 Å². The van der Waals surface area contributed by atoms with Crippen molar-refractivity contribution >= 4 is 5.97 Å². The Kier molecular flexibility index (Phi) is 5.85. The quantitative estimate of drug-likeness (QED) is 0.463. The summed E-state index contributed by atoms with van der Waals surface area (Å²) in [4.78, 5) is 11.7. The van der Waals surface area contributed by atoms with Crippen LogP contribution >= 0.6 is 0 Å². The lowest BCUT2D eigenvalue weighted by molar-refractivity contribution is -0.146. The second-order valence-electron chi connectivity index (χ2n) is 6.60. The van der Waals surface area contributed by atoms with Gasteiger partial charge >= 0.3 is 5.97 Å². The highest BCUT2D eigenvalue weighted by Gasteiger charge is 2.47. The van der Waals surface area contributed by atoms with Crippen LogP contribution in [0.3, 0.4) is 0 Å². The minimum atomic E-state index is -0.459. The first-order valence-corrected chi connectivity index (χ1v) is 8.03. The Morgan fingerprint density at radius 2 is 1.90 bits per heavy atom. The summed E-state index contributed by atoms with van der Waals surface area (Å²) in [6.45, 7) is 16.8. The smallest absolute Gasteiger partial charge is 0.372 e. The van der Waals surface area contributed by atoms with Gasteiger partial charge in [-0.3, -0.25) is 0 Å². The molecule has 0 radical (unpaired) electrons. The van der Waals surface area contributed by atoms with E-state index < -0.39 is 5.97 Å². The lowest BCUT2D eigenvalue weighted by Gasteiger charge is -2.53. The number of hydrogen-bond acceptors (Lipinski definition) is 4. The molecule has 0 aromatic carbocycles. The van der Waals surface area contributed by atoms with Crippen molar-refractivity contribution in [1.82, 2.24) is 5.32 Å². The Hall–Kier alpha value is -1.03. The van der Waals surface area contributed by atoms with Gasteiger partial charge in [-0.15, -0.1) is 0 Å². The lowest BCUT2D eigenvalue weighted by atomic mass is 9.70. The first-order valence-electron chi connectivity index (χ1n) is 8.03. The summed E-state index contributed by atoms with van der Waals surface area (Å²) in [6.07, 6.45) is 2.85. The summed E-state index contributed by atoms with van der Waals surface area (Å²) in [6, 6.07) is 0. The standard InChI is InChI=1S/C17H31NO3/c1-8-16(6)11-14(12(4)17(7,9-2)18-16)21-13(5)15(19)20-10-3/h12,14,18H,5,8-11H2,1-4,6-7H3. The highest BCUT2D eigenvalue weighted by atomic mass is 16.6. The van der Waals surface area contributed by atoms with Crippen LogP contribution in [0.4, 0.5) is 0 Å². The first kappa shape index (κ1) is 18.0. The molecule has 4 nitrogen and oxygen atoms in total. The van der Waals surface area contributed by atoms with Gasteiger partial charge in [0.15, 0.2) is 5.76 Å². The van der Waals surface area contributed by atoms with Crippen LogP contribution in [-0.4, -0.2) is 29.8 Å². The molecular weight excluding hydrogens is 266 g/mol. The molecule has 0 saturated carbocycles. The van der Waals surface area contributed by atoms with Gasteiger partial charge in [-0.2, -0.15) is 0 Å². The Balaban J connectivity index is 2.88. The summed E-state index contributed by atoms with van der Waals surface area (Å²) >= 11 is 0. The van der Waals surface area contributed by atoms with Gasteiger partial charge in [0.05, 0.1) is 6.61 Å². The van der Waals surface area contributed by atoms with Crippen LogP contribution in [0.1, 0.15) is 60.8 Å². The fourth-order valence-corrected chi connectivity index (χ4v) is 3.11. The summed E-state index contributed by atoms with van der Waals surface area (Å²) in [7, 11) is 0. The monoisotopic (exact) mass is 297 g/mol. The van der Waals surface area contributed by atoms with Gasteiger partial charge in [-0.25, -0.2) is 4.79 Å². The second-order valence-corrected chi connectivity index (χ2v) is 6.60. The van der Waals surface area contributed by atoms with Crippen molar-refractivity contribution in [3.8, 4) is 0 Å². The van der Waals surface area contributed by atoms with Crippen molar-refractivity contribution in [2.45, 2.75) is 78.0 Å². The maximum absolute atomic E-state index is 11.7. The number of rotatable bonds is 6. The normalized spacial score (nSPS) is 36.1. The molecule has 0 aromatic rings. The molecule has 1 N–H and O–H groups in total. The van der Waals surface area contributed by atoms with E-state index in [0.29, 0.717) is 6.61 Å². The van der Waals surface area contributed by atoms with Crippen molar-refractivity contribution in [2.75, 3.05) is 6.61 Å². The maximum atomic E-state index is 11.7. The number of hydrogen-bond donors (Lipinski definition) is 1. The second kappa shape index (κ2) is 6.82. The third-order valence-electron chi connectivity index (χ3n) is 5.11. The van der Waals surface area contributed by atoms with Crippen LogP contribution in [0.5, 0.6) is 0 Å². The molecule has 1 heterocycles. The molecule has 21 heavy (non-hydrogen) atoms. The average Bonchev–Trinajstić information content (AvgIpc) is 2.44. The summed E-state index contributed by atoms with van der Waals surface area (Å²) in [5, 5.41) is 3.79. The van der Waals surface area contributed by atoms with Crippen molar-refractivity contribution in [2.24, 2.45) is 5.92 Å². The zero-order chi connectivity index (χ0) is 16.3. The highest BCUT2D eigenvalue weighted by molar-refractivity contribution is 5.85. The number of carbonyl (C=O) groups excluding carboxylic acids is 1. The van der Waals surface area contributed by atoms with E-state index in [1.165, 1.54) is 0 Å². The molecule has 1 aliphatic rings. The van der Waals surface area contributed by atoms with E-state index in [0.717, 1.165) is 19.3 Å².